The number of aryl methyl sites for hydroxylation is 2. The maximum absolute atomic E-state index is 4.25. The molecular weight excluding hydrogens is 278 g/mol. The average Bonchev–Trinajstić information content (AvgIpc) is 2.87. The average molecular weight is 291 g/mol. The molecule has 8 heteroatoms. The van der Waals surface area contributed by atoms with Crippen molar-refractivity contribution in [3.63, 3.8) is 0 Å². The SMILES string of the molecule is CCc1ccc2n[nH]nc2c1CC.[Si]O[Si]O[Si]. The topological polar surface area (TPSA) is 60.0 Å². The van der Waals surface area contributed by atoms with Gasteiger partial charge in [-0.1, -0.05) is 19.9 Å². The van der Waals surface area contributed by atoms with Crippen LogP contribution in [0.2, 0.25) is 0 Å². The number of fused-ring (bicyclic) bond motifs is 1. The Labute approximate surface area is 116 Å². The first-order chi connectivity index (χ1) is 8.78. The van der Waals surface area contributed by atoms with Crippen molar-refractivity contribution in [3.05, 3.63) is 23.3 Å². The molecule has 0 amide bonds. The molecule has 8 radical (unpaired) electrons. The van der Waals surface area contributed by atoms with E-state index in [1.807, 2.05) is 6.07 Å². The minimum atomic E-state index is 0.0247. The largest absolute Gasteiger partial charge is 0.435 e. The number of nitrogens with zero attached hydrogens (tertiary/aromatic N) is 2. The van der Waals surface area contributed by atoms with Gasteiger partial charge in [0.15, 0.2) is 0 Å². The highest BCUT2D eigenvalue weighted by molar-refractivity contribution is 6.33. The molecule has 0 atom stereocenters. The third-order valence-electron chi connectivity index (χ3n) is 2.51. The van der Waals surface area contributed by atoms with Crippen LogP contribution in [0.15, 0.2) is 12.1 Å². The molecule has 2 aromatic rings. The van der Waals surface area contributed by atoms with Crippen molar-refractivity contribution >= 4 is 42.0 Å². The zero-order valence-electron chi connectivity index (χ0n) is 10.3. The Balaban J connectivity index is 0.000000280. The van der Waals surface area contributed by atoms with Gasteiger partial charge in [0.1, 0.15) is 11.0 Å². The van der Waals surface area contributed by atoms with E-state index in [1.165, 1.54) is 11.1 Å². The monoisotopic (exact) mass is 291 g/mol. The second kappa shape index (κ2) is 8.32. The van der Waals surface area contributed by atoms with Gasteiger partial charge in [-0.25, -0.2) is 0 Å². The van der Waals surface area contributed by atoms with Crippen LogP contribution in [-0.2, 0) is 21.1 Å². The minimum absolute atomic E-state index is 0.0247. The van der Waals surface area contributed by atoms with E-state index in [-0.39, 0.29) is 10.0 Å². The molecule has 0 unspecified atom stereocenters. The first-order valence-electron chi connectivity index (χ1n) is 5.49. The maximum Gasteiger partial charge on any atom is 0.409 e. The van der Waals surface area contributed by atoms with Crippen LogP contribution in [0.4, 0.5) is 0 Å². The third kappa shape index (κ3) is 3.85. The van der Waals surface area contributed by atoms with Crippen molar-refractivity contribution in [2.24, 2.45) is 0 Å². The highest BCUT2D eigenvalue weighted by atomic mass is 28.3. The molecule has 0 spiro atoms. The lowest BCUT2D eigenvalue weighted by Crippen LogP contribution is -1.96. The Hall–Kier alpha value is -0.809. The fourth-order valence-corrected chi connectivity index (χ4v) is 2.30. The third-order valence-corrected chi connectivity index (χ3v) is 3.18. The lowest BCUT2D eigenvalue weighted by Gasteiger charge is -2.04. The molecular formula is C10H13N3O2Si3. The molecule has 92 valence electrons. The quantitative estimate of drug-likeness (QED) is 0.847. The van der Waals surface area contributed by atoms with E-state index in [4.69, 9.17) is 0 Å². The van der Waals surface area contributed by atoms with Crippen LogP contribution < -0.4 is 0 Å². The Kier molecular flexibility index (Phi) is 7.05. The molecule has 18 heavy (non-hydrogen) atoms. The first kappa shape index (κ1) is 15.2. The zero-order valence-corrected chi connectivity index (χ0v) is 13.3. The minimum Gasteiger partial charge on any atom is -0.435 e. The summed E-state index contributed by atoms with van der Waals surface area (Å²) in [5.41, 5.74) is 4.70. The fraction of sp³-hybridized carbons (Fsp3) is 0.400. The number of nitrogens with one attached hydrogen (secondary N) is 1. The van der Waals surface area contributed by atoms with E-state index in [9.17, 15) is 0 Å². The highest BCUT2D eigenvalue weighted by Gasteiger charge is 2.07. The normalized spacial score (nSPS) is 10.2. The number of rotatable bonds is 4. The molecule has 2 rings (SSSR count). The second-order valence-corrected chi connectivity index (χ2v) is 5.19. The van der Waals surface area contributed by atoms with Gasteiger partial charge in [0, 0.05) is 0 Å². The van der Waals surface area contributed by atoms with E-state index >= 15 is 0 Å². The van der Waals surface area contributed by atoms with E-state index < -0.39 is 0 Å². The number of H-pyrrole nitrogens is 1. The summed E-state index contributed by atoms with van der Waals surface area (Å²) in [5.74, 6) is 0. The van der Waals surface area contributed by atoms with Crippen LogP contribution in [0, 0.1) is 0 Å². The van der Waals surface area contributed by atoms with Crippen LogP contribution in [-0.4, -0.2) is 46.4 Å². The van der Waals surface area contributed by atoms with Crippen LogP contribution >= 0.6 is 0 Å². The van der Waals surface area contributed by atoms with E-state index in [0.717, 1.165) is 23.9 Å². The van der Waals surface area contributed by atoms with Crippen molar-refractivity contribution in [2.45, 2.75) is 26.7 Å². The van der Waals surface area contributed by atoms with Gasteiger partial charge in [0.05, 0.1) is 0 Å². The van der Waals surface area contributed by atoms with Crippen molar-refractivity contribution in [1.29, 1.82) is 0 Å². The van der Waals surface area contributed by atoms with Crippen LogP contribution in [0.25, 0.3) is 11.0 Å². The Morgan fingerprint density at radius 3 is 2.39 bits per heavy atom. The number of hydrogen-bond acceptors (Lipinski definition) is 4. The summed E-state index contributed by atoms with van der Waals surface area (Å²) in [5, 5.41) is 10.9. The van der Waals surface area contributed by atoms with Crippen molar-refractivity contribution < 1.29 is 8.23 Å². The summed E-state index contributed by atoms with van der Waals surface area (Å²) in [7, 11) is 5.44. The van der Waals surface area contributed by atoms with Gasteiger partial charge in [0.25, 0.3) is 0 Å². The number of aromatic amines is 1. The predicted octanol–water partition coefficient (Wildman–Crippen LogP) is 0.803. The van der Waals surface area contributed by atoms with Crippen LogP contribution in [0.1, 0.15) is 25.0 Å². The molecule has 1 aromatic heterocycles. The van der Waals surface area contributed by atoms with E-state index in [2.05, 4.69) is 64.5 Å². The molecule has 0 saturated heterocycles. The van der Waals surface area contributed by atoms with Gasteiger partial charge in [-0.15, -0.1) is 0 Å². The van der Waals surface area contributed by atoms with Crippen molar-refractivity contribution in [1.82, 2.24) is 15.4 Å². The molecule has 1 N–H and O–H groups in total. The molecule has 0 aliphatic heterocycles. The maximum atomic E-state index is 4.25. The van der Waals surface area contributed by atoms with Gasteiger partial charge in [-0.2, -0.15) is 15.4 Å². The summed E-state index contributed by atoms with van der Waals surface area (Å²) in [4.78, 5) is 0. The van der Waals surface area contributed by atoms with E-state index in [1.54, 1.807) is 0 Å². The molecule has 0 aliphatic carbocycles. The zero-order chi connectivity index (χ0) is 13.4. The summed E-state index contributed by atoms with van der Waals surface area (Å²) in [6, 6.07) is 4.17. The molecule has 0 aliphatic rings. The second-order valence-electron chi connectivity index (χ2n) is 3.39. The van der Waals surface area contributed by atoms with Gasteiger partial charge in [0.2, 0.25) is 21.0 Å². The first-order valence-corrected chi connectivity index (χ1v) is 7.13. The molecule has 5 nitrogen and oxygen atoms in total. The summed E-state index contributed by atoms with van der Waals surface area (Å²) >= 11 is 0. The van der Waals surface area contributed by atoms with Gasteiger partial charge in [-0.3, -0.25) is 0 Å². The Bertz CT molecular complexity index is 476. The number of benzene rings is 1. The Morgan fingerprint density at radius 2 is 1.89 bits per heavy atom. The standard InChI is InChI=1S/C10H13N3.O2Si3/c1-3-7-5-6-9-10(8(7)4-2)12-13-11-9;3-1-5-2-4/h5-6H,3-4H2,1-2H3,(H,11,12,13);. The fourth-order valence-electron chi connectivity index (χ4n) is 1.76. The predicted molar refractivity (Wildman–Crippen MR) is 72.1 cm³/mol. The molecule has 1 aromatic carbocycles. The van der Waals surface area contributed by atoms with Gasteiger partial charge in [-0.05, 0) is 30.0 Å². The van der Waals surface area contributed by atoms with Crippen molar-refractivity contribution in [2.75, 3.05) is 0 Å². The summed E-state index contributed by atoms with van der Waals surface area (Å²) in [6.45, 7) is 4.32. The highest BCUT2D eigenvalue weighted by Crippen LogP contribution is 2.19. The molecule has 0 bridgehead atoms. The lowest BCUT2D eigenvalue weighted by molar-refractivity contribution is 0.513. The molecule has 0 fully saturated rings. The number of aromatic nitrogens is 3. The lowest BCUT2D eigenvalue weighted by atomic mass is 10.0. The summed E-state index contributed by atoms with van der Waals surface area (Å²) < 4.78 is 8.51. The summed E-state index contributed by atoms with van der Waals surface area (Å²) in [6.07, 6.45) is 2.08. The van der Waals surface area contributed by atoms with Crippen molar-refractivity contribution in [3.8, 4) is 0 Å². The van der Waals surface area contributed by atoms with E-state index in [0.29, 0.717) is 0 Å². The smallest absolute Gasteiger partial charge is 0.409 e. The number of hydrogen-bond donors (Lipinski definition) is 1. The Morgan fingerprint density at radius 1 is 1.17 bits per heavy atom. The molecule has 0 saturated carbocycles. The van der Waals surface area contributed by atoms with Crippen LogP contribution in [0.5, 0.6) is 0 Å². The van der Waals surface area contributed by atoms with Gasteiger partial charge < -0.3 is 8.23 Å². The van der Waals surface area contributed by atoms with Gasteiger partial charge >= 0.3 is 10.0 Å². The molecule has 1 heterocycles. The van der Waals surface area contributed by atoms with Crippen LogP contribution in [0.3, 0.4) is 0 Å².